The molecule has 88 valence electrons. The molecule has 0 saturated carbocycles. The first-order chi connectivity index (χ1) is 7.33. The minimum atomic E-state index is -1.05. The Morgan fingerprint density at radius 3 is 2.62 bits per heavy atom. The van der Waals surface area contributed by atoms with E-state index in [1.807, 2.05) is 13.8 Å². The molecule has 16 heavy (non-hydrogen) atoms. The Morgan fingerprint density at radius 2 is 2.12 bits per heavy atom. The van der Waals surface area contributed by atoms with Gasteiger partial charge in [0.15, 0.2) is 0 Å². The van der Waals surface area contributed by atoms with E-state index < -0.39 is 6.09 Å². The van der Waals surface area contributed by atoms with E-state index in [2.05, 4.69) is 5.32 Å². The van der Waals surface area contributed by atoms with Crippen molar-refractivity contribution in [3.8, 4) is 0 Å². The molecule has 0 unspecified atom stereocenters. The molecule has 0 radical (unpaired) electrons. The van der Waals surface area contributed by atoms with Gasteiger partial charge in [0.2, 0.25) is 0 Å². The largest absolute Gasteiger partial charge is 0.465 e. The van der Waals surface area contributed by atoms with Crippen LogP contribution in [0, 0.1) is 12.7 Å². The fourth-order valence-corrected chi connectivity index (χ4v) is 1.46. The topological polar surface area (TPSA) is 49.3 Å². The van der Waals surface area contributed by atoms with Crippen molar-refractivity contribution in [1.82, 2.24) is 5.32 Å². The van der Waals surface area contributed by atoms with Crippen LogP contribution in [0.4, 0.5) is 9.18 Å². The summed E-state index contributed by atoms with van der Waals surface area (Å²) in [5.41, 5.74) is 1.14. The zero-order chi connectivity index (χ0) is 12.3. The molecular formula is C12H16FNO2. The number of nitrogens with one attached hydrogen (secondary N) is 1. The van der Waals surface area contributed by atoms with Gasteiger partial charge in [-0.1, -0.05) is 26.0 Å². The third-order valence-corrected chi connectivity index (χ3v) is 2.62. The molecule has 0 bridgehead atoms. The lowest BCUT2D eigenvalue weighted by molar-refractivity contribution is 0.192. The normalized spacial score (nSPS) is 11.2. The average molecular weight is 225 g/mol. The summed E-state index contributed by atoms with van der Waals surface area (Å²) in [4.78, 5) is 10.4. The standard InChI is InChI=1S/C12H16FNO2/c1-8-6-9(4-5-10(8)13)12(2,3)7-14-11(15)16/h4-6,14H,7H2,1-3H3,(H,15,16). The molecule has 0 heterocycles. The summed E-state index contributed by atoms with van der Waals surface area (Å²) in [6, 6.07) is 4.85. The zero-order valence-corrected chi connectivity index (χ0v) is 9.67. The third kappa shape index (κ3) is 2.95. The van der Waals surface area contributed by atoms with Gasteiger partial charge in [-0.05, 0) is 24.1 Å². The summed E-state index contributed by atoms with van der Waals surface area (Å²) >= 11 is 0. The highest BCUT2D eigenvalue weighted by molar-refractivity contribution is 5.64. The number of amides is 1. The predicted molar refractivity (Wildman–Crippen MR) is 60.2 cm³/mol. The Morgan fingerprint density at radius 1 is 1.50 bits per heavy atom. The second-order valence-corrected chi connectivity index (χ2v) is 4.51. The van der Waals surface area contributed by atoms with Crippen LogP contribution in [0.3, 0.4) is 0 Å². The molecule has 1 amide bonds. The number of carboxylic acid groups (broad SMARTS) is 1. The molecule has 0 fully saturated rings. The van der Waals surface area contributed by atoms with Crippen LogP contribution in [0.25, 0.3) is 0 Å². The van der Waals surface area contributed by atoms with E-state index in [1.165, 1.54) is 6.07 Å². The molecule has 0 spiro atoms. The van der Waals surface area contributed by atoms with Gasteiger partial charge < -0.3 is 10.4 Å². The molecule has 0 aliphatic carbocycles. The maximum Gasteiger partial charge on any atom is 0.404 e. The van der Waals surface area contributed by atoms with Crippen LogP contribution in [-0.4, -0.2) is 17.7 Å². The van der Waals surface area contributed by atoms with Crippen LogP contribution < -0.4 is 5.32 Å². The highest BCUT2D eigenvalue weighted by Crippen LogP contribution is 2.24. The maximum absolute atomic E-state index is 13.1. The van der Waals surface area contributed by atoms with Crippen molar-refractivity contribution in [3.05, 3.63) is 35.1 Å². The first kappa shape index (κ1) is 12.5. The minimum absolute atomic E-state index is 0.245. The number of benzene rings is 1. The van der Waals surface area contributed by atoms with Gasteiger partial charge in [0.05, 0.1) is 0 Å². The SMILES string of the molecule is Cc1cc(C(C)(C)CNC(=O)O)ccc1F. The maximum atomic E-state index is 13.1. The van der Waals surface area contributed by atoms with Crippen LogP contribution in [0.15, 0.2) is 18.2 Å². The summed E-state index contributed by atoms with van der Waals surface area (Å²) in [6.07, 6.45) is -1.05. The predicted octanol–water partition coefficient (Wildman–Crippen LogP) is 2.68. The lowest BCUT2D eigenvalue weighted by atomic mass is 9.84. The van der Waals surface area contributed by atoms with Crippen molar-refractivity contribution < 1.29 is 14.3 Å². The average Bonchev–Trinajstić information content (AvgIpc) is 2.19. The molecule has 4 heteroatoms. The smallest absolute Gasteiger partial charge is 0.404 e. The lowest BCUT2D eigenvalue weighted by Crippen LogP contribution is -2.35. The molecule has 0 aliphatic rings. The monoisotopic (exact) mass is 225 g/mol. The Balaban J connectivity index is 2.88. The van der Waals surface area contributed by atoms with Crippen molar-refractivity contribution in [2.45, 2.75) is 26.2 Å². The molecular weight excluding hydrogens is 209 g/mol. The van der Waals surface area contributed by atoms with Crippen molar-refractivity contribution in [3.63, 3.8) is 0 Å². The van der Waals surface area contributed by atoms with Gasteiger partial charge in [-0.2, -0.15) is 0 Å². The molecule has 0 aromatic heterocycles. The Bertz CT molecular complexity index is 402. The van der Waals surface area contributed by atoms with Crippen molar-refractivity contribution >= 4 is 6.09 Å². The second-order valence-electron chi connectivity index (χ2n) is 4.51. The quantitative estimate of drug-likeness (QED) is 0.830. The van der Waals surface area contributed by atoms with Gasteiger partial charge in [0.1, 0.15) is 5.82 Å². The fourth-order valence-electron chi connectivity index (χ4n) is 1.46. The first-order valence-electron chi connectivity index (χ1n) is 5.06. The van der Waals surface area contributed by atoms with Crippen molar-refractivity contribution in [1.29, 1.82) is 0 Å². The van der Waals surface area contributed by atoms with Gasteiger partial charge in [-0.3, -0.25) is 0 Å². The van der Waals surface area contributed by atoms with E-state index >= 15 is 0 Å². The van der Waals surface area contributed by atoms with Crippen LogP contribution >= 0.6 is 0 Å². The van der Waals surface area contributed by atoms with Gasteiger partial charge in [0, 0.05) is 12.0 Å². The van der Waals surface area contributed by atoms with Crippen LogP contribution in [0.1, 0.15) is 25.0 Å². The van der Waals surface area contributed by atoms with E-state index in [0.29, 0.717) is 12.1 Å². The molecule has 2 N–H and O–H groups in total. The molecule has 1 rings (SSSR count). The van der Waals surface area contributed by atoms with E-state index in [1.54, 1.807) is 19.1 Å². The number of hydrogen-bond donors (Lipinski definition) is 2. The number of hydrogen-bond acceptors (Lipinski definition) is 1. The summed E-state index contributed by atoms with van der Waals surface area (Å²) in [5.74, 6) is -0.245. The van der Waals surface area contributed by atoms with E-state index in [9.17, 15) is 9.18 Å². The highest BCUT2D eigenvalue weighted by atomic mass is 19.1. The molecule has 0 aliphatic heterocycles. The van der Waals surface area contributed by atoms with Crippen LogP contribution in [-0.2, 0) is 5.41 Å². The summed E-state index contributed by atoms with van der Waals surface area (Å²) in [6.45, 7) is 5.82. The fraction of sp³-hybridized carbons (Fsp3) is 0.417. The van der Waals surface area contributed by atoms with Gasteiger partial charge >= 0.3 is 6.09 Å². The van der Waals surface area contributed by atoms with E-state index in [-0.39, 0.29) is 11.2 Å². The van der Waals surface area contributed by atoms with Gasteiger partial charge in [-0.25, -0.2) is 9.18 Å². The minimum Gasteiger partial charge on any atom is -0.465 e. The Labute approximate surface area is 94.3 Å². The van der Waals surface area contributed by atoms with Gasteiger partial charge in [0.25, 0.3) is 0 Å². The molecule has 0 atom stereocenters. The van der Waals surface area contributed by atoms with Crippen LogP contribution in [0.2, 0.25) is 0 Å². The molecule has 1 aromatic rings. The summed E-state index contributed by atoms with van der Waals surface area (Å²) < 4.78 is 13.1. The Hall–Kier alpha value is -1.58. The van der Waals surface area contributed by atoms with E-state index in [4.69, 9.17) is 5.11 Å². The van der Waals surface area contributed by atoms with E-state index in [0.717, 1.165) is 5.56 Å². The second kappa shape index (κ2) is 4.51. The molecule has 3 nitrogen and oxygen atoms in total. The lowest BCUT2D eigenvalue weighted by Gasteiger charge is -2.25. The van der Waals surface area contributed by atoms with Crippen molar-refractivity contribution in [2.24, 2.45) is 0 Å². The molecule has 0 saturated heterocycles. The third-order valence-electron chi connectivity index (χ3n) is 2.62. The number of aryl methyl sites for hydroxylation is 1. The first-order valence-corrected chi connectivity index (χ1v) is 5.06. The summed E-state index contributed by atoms with van der Waals surface area (Å²) in [5, 5.41) is 10.9. The zero-order valence-electron chi connectivity index (χ0n) is 9.67. The highest BCUT2D eigenvalue weighted by Gasteiger charge is 2.21. The van der Waals surface area contributed by atoms with Crippen LogP contribution in [0.5, 0.6) is 0 Å². The molecule has 1 aromatic carbocycles. The number of rotatable bonds is 3. The Kier molecular flexibility index (Phi) is 3.52. The number of halogens is 1. The van der Waals surface area contributed by atoms with Crippen molar-refractivity contribution in [2.75, 3.05) is 6.54 Å². The summed E-state index contributed by atoms with van der Waals surface area (Å²) in [7, 11) is 0. The number of carbonyl (C=O) groups is 1. The van der Waals surface area contributed by atoms with Gasteiger partial charge in [-0.15, -0.1) is 0 Å².